The molecule has 0 radical (unpaired) electrons. The molecule has 0 unspecified atom stereocenters. The molecule has 1 aromatic heterocycles. The Kier molecular flexibility index (Phi) is 4.17. The van der Waals surface area contributed by atoms with Crippen molar-refractivity contribution in [3.8, 4) is 5.75 Å². The van der Waals surface area contributed by atoms with Gasteiger partial charge in [0.05, 0.1) is 23.4 Å². The van der Waals surface area contributed by atoms with Crippen LogP contribution in [0.2, 0.25) is 0 Å². The second-order valence-electron chi connectivity index (χ2n) is 6.31. The minimum Gasteiger partial charge on any atom is -0.508 e. The summed E-state index contributed by atoms with van der Waals surface area (Å²) in [4.78, 5) is 17.5. The van der Waals surface area contributed by atoms with Crippen LogP contribution in [0.5, 0.6) is 5.75 Å². The van der Waals surface area contributed by atoms with Crippen molar-refractivity contribution < 1.29 is 14.6 Å². The Morgan fingerprint density at radius 2 is 1.92 bits per heavy atom. The smallest absolute Gasteiger partial charge is 0.339 e. The Hall–Kier alpha value is -3.14. The van der Waals surface area contributed by atoms with Crippen LogP contribution in [-0.4, -0.2) is 22.7 Å². The number of phenols is 1. The Morgan fingerprint density at radius 1 is 1.15 bits per heavy atom. The first kappa shape index (κ1) is 16.3. The van der Waals surface area contributed by atoms with E-state index in [1.165, 1.54) is 0 Å². The average Bonchev–Trinajstić information content (AvgIpc) is 3.04. The number of esters is 1. The molecule has 1 N–H and O–H groups in total. The molecule has 1 aliphatic rings. The van der Waals surface area contributed by atoms with E-state index in [-0.39, 0.29) is 11.7 Å². The van der Waals surface area contributed by atoms with E-state index >= 15 is 0 Å². The van der Waals surface area contributed by atoms with E-state index in [1.54, 1.807) is 12.1 Å². The first-order valence-corrected chi connectivity index (χ1v) is 8.76. The maximum atomic E-state index is 12.6. The molecular weight excluding hydrogens is 326 g/mol. The highest BCUT2D eigenvalue weighted by Gasteiger charge is 2.27. The molecule has 0 atom stereocenters. The fraction of sp³-hybridized carbons (Fsp3) is 0.182. The summed E-state index contributed by atoms with van der Waals surface area (Å²) < 4.78 is 5.31. The van der Waals surface area contributed by atoms with Crippen molar-refractivity contribution in [2.24, 2.45) is 0 Å². The summed E-state index contributed by atoms with van der Waals surface area (Å²) in [5.74, 6) is -0.0408. The van der Waals surface area contributed by atoms with Gasteiger partial charge < -0.3 is 9.84 Å². The molecule has 1 heterocycles. The molecule has 0 amide bonds. The fourth-order valence-electron chi connectivity index (χ4n) is 3.49. The molecule has 0 spiro atoms. The lowest BCUT2D eigenvalue weighted by Gasteiger charge is -2.11. The van der Waals surface area contributed by atoms with Gasteiger partial charge in [0, 0.05) is 5.39 Å². The Balaban J connectivity index is 1.89. The van der Waals surface area contributed by atoms with E-state index in [1.807, 2.05) is 43.3 Å². The number of carbonyl (C=O) groups is 1. The van der Waals surface area contributed by atoms with Gasteiger partial charge in [0.15, 0.2) is 0 Å². The number of phenolic OH excluding ortho intramolecular Hbond substituents is 1. The molecule has 4 rings (SSSR count). The van der Waals surface area contributed by atoms with Crippen LogP contribution in [0.3, 0.4) is 0 Å². The molecule has 0 aliphatic heterocycles. The van der Waals surface area contributed by atoms with Gasteiger partial charge in [0.1, 0.15) is 5.75 Å². The summed E-state index contributed by atoms with van der Waals surface area (Å²) in [6.07, 6.45) is 3.67. The zero-order valence-corrected chi connectivity index (χ0v) is 14.5. The third-order valence-electron chi connectivity index (χ3n) is 4.66. The third-order valence-corrected chi connectivity index (χ3v) is 4.66. The highest BCUT2D eigenvalue weighted by Crippen LogP contribution is 2.37. The number of hydrogen-bond donors (Lipinski definition) is 1. The van der Waals surface area contributed by atoms with Crippen LogP contribution in [0.1, 0.15) is 40.5 Å². The lowest BCUT2D eigenvalue weighted by Crippen LogP contribution is -2.10. The number of ether oxygens (including phenoxy) is 1. The van der Waals surface area contributed by atoms with Crippen LogP contribution in [0, 0.1) is 0 Å². The second-order valence-corrected chi connectivity index (χ2v) is 6.31. The van der Waals surface area contributed by atoms with Crippen LogP contribution in [0.4, 0.5) is 0 Å². The lowest BCUT2D eigenvalue weighted by molar-refractivity contribution is 0.0527. The highest BCUT2D eigenvalue weighted by molar-refractivity contribution is 6.07. The maximum absolute atomic E-state index is 12.6. The van der Waals surface area contributed by atoms with Crippen molar-refractivity contribution in [3.05, 3.63) is 70.9 Å². The molecule has 0 fully saturated rings. The van der Waals surface area contributed by atoms with E-state index in [2.05, 4.69) is 6.08 Å². The molecule has 4 nitrogen and oxygen atoms in total. The van der Waals surface area contributed by atoms with Crippen LogP contribution in [-0.2, 0) is 11.2 Å². The normalized spacial score (nSPS) is 14.6. The van der Waals surface area contributed by atoms with Gasteiger partial charge >= 0.3 is 5.97 Å². The standard InChI is InChI=1S/C22H19NO3/c1-2-26-22(25)20-17-5-3-4-6-19(17)23-21-15(9-12-18(20)21)13-14-7-10-16(24)11-8-14/h3-8,10-11,13,24H,2,9,12H2,1H3/b15-13-. The van der Waals surface area contributed by atoms with Crippen molar-refractivity contribution in [1.82, 2.24) is 4.98 Å². The van der Waals surface area contributed by atoms with Crippen LogP contribution >= 0.6 is 0 Å². The molecule has 0 saturated carbocycles. The van der Waals surface area contributed by atoms with Gasteiger partial charge in [-0.25, -0.2) is 9.78 Å². The summed E-state index contributed by atoms with van der Waals surface area (Å²) in [6, 6.07) is 14.8. The zero-order valence-electron chi connectivity index (χ0n) is 14.5. The number of fused-ring (bicyclic) bond motifs is 2. The number of rotatable bonds is 3. The number of allylic oxidation sites excluding steroid dienone is 1. The van der Waals surface area contributed by atoms with E-state index in [0.29, 0.717) is 12.2 Å². The van der Waals surface area contributed by atoms with Gasteiger partial charge in [0.2, 0.25) is 0 Å². The Labute approximate surface area is 151 Å². The topological polar surface area (TPSA) is 59.4 Å². The number of hydrogen-bond acceptors (Lipinski definition) is 4. The van der Waals surface area contributed by atoms with E-state index in [0.717, 1.165) is 46.1 Å². The van der Waals surface area contributed by atoms with E-state index in [4.69, 9.17) is 9.72 Å². The first-order chi connectivity index (χ1) is 12.7. The zero-order chi connectivity index (χ0) is 18.1. The summed E-state index contributed by atoms with van der Waals surface area (Å²) >= 11 is 0. The van der Waals surface area contributed by atoms with Crippen LogP contribution < -0.4 is 0 Å². The first-order valence-electron chi connectivity index (χ1n) is 8.76. The van der Waals surface area contributed by atoms with E-state index < -0.39 is 0 Å². The maximum Gasteiger partial charge on any atom is 0.339 e. The number of aromatic hydroxyl groups is 1. The van der Waals surface area contributed by atoms with Crippen molar-refractivity contribution in [1.29, 1.82) is 0 Å². The molecule has 0 bridgehead atoms. The third kappa shape index (κ3) is 2.84. The van der Waals surface area contributed by atoms with E-state index in [9.17, 15) is 9.90 Å². The monoisotopic (exact) mass is 345 g/mol. The second kappa shape index (κ2) is 6.64. The largest absolute Gasteiger partial charge is 0.508 e. The quantitative estimate of drug-likeness (QED) is 0.705. The predicted octanol–water partition coefficient (Wildman–Crippen LogP) is 4.60. The Morgan fingerprint density at radius 3 is 2.69 bits per heavy atom. The molecule has 3 aromatic rings. The number of pyridine rings is 1. The lowest BCUT2D eigenvalue weighted by atomic mass is 10.0. The average molecular weight is 345 g/mol. The van der Waals surface area contributed by atoms with Gasteiger partial charge in [-0.3, -0.25) is 0 Å². The number of nitrogens with zero attached hydrogens (tertiary/aromatic N) is 1. The fourth-order valence-corrected chi connectivity index (χ4v) is 3.49. The summed E-state index contributed by atoms with van der Waals surface area (Å²) in [5.41, 5.74) is 5.38. The van der Waals surface area contributed by atoms with Crippen LogP contribution in [0.25, 0.3) is 22.6 Å². The van der Waals surface area contributed by atoms with Crippen molar-refractivity contribution >= 4 is 28.5 Å². The van der Waals surface area contributed by atoms with Gasteiger partial charge in [-0.15, -0.1) is 0 Å². The number of benzene rings is 2. The number of para-hydroxylation sites is 1. The van der Waals surface area contributed by atoms with Gasteiger partial charge in [-0.2, -0.15) is 0 Å². The SMILES string of the molecule is CCOC(=O)c1c2c(nc3ccccc13)/C(=C\c1ccc(O)cc1)CC2. The van der Waals surface area contributed by atoms with Crippen LogP contribution in [0.15, 0.2) is 48.5 Å². The molecular formula is C22H19NO3. The molecule has 4 heteroatoms. The molecule has 1 aliphatic carbocycles. The minimum absolute atomic E-state index is 0.243. The summed E-state index contributed by atoms with van der Waals surface area (Å²) in [5, 5.41) is 10.3. The van der Waals surface area contributed by atoms with Gasteiger partial charge in [-0.1, -0.05) is 30.3 Å². The summed E-state index contributed by atoms with van der Waals surface area (Å²) in [6.45, 7) is 2.16. The number of carbonyl (C=O) groups excluding carboxylic acids is 1. The van der Waals surface area contributed by atoms with Gasteiger partial charge in [-0.05, 0) is 60.7 Å². The molecule has 0 saturated heterocycles. The van der Waals surface area contributed by atoms with Crippen molar-refractivity contribution in [3.63, 3.8) is 0 Å². The van der Waals surface area contributed by atoms with Crippen molar-refractivity contribution in [2.45, 2.75) is 19.8 Å². The molecule has 2 aromatic carbocycles. The number of aromatic nitrogens is 1. The predicted molar refractivity (Wildman–Crippen MR) is 102 cm³/mol. The van der Waals surface area contributed by atoms with Gasteiger partial charge in [0.25, 0.3) is 0 Å². The Bertz CT molecular complexity index is 1020. The summed E-state index contributed by atoms with van der Waals surface area (Å²) in [7, 11) is 0. The molecule has 26 heavy (non-hydrogen) atoms. The highest BCUT2D eigenvalue weighted by atomic mass is 16.5. The van der Waals surface area contributed by atoms with Crippen molar-refractivity contribution in [2.75, 3.05) is 6.61 Å². The minimum atomic E-state index is -0.284. The molecule has 130 valence electrons.